The smallest absolute Gasteiger partial charge is 0.326 e. The highest BCUT2D eigenvalue weighted by Gasteiger charge is 2.33. The highest BCUT2D eigenvalue weighted by molar-refractivity contribution is 5.83. The molecule has 7 nitrogen and oxygen atoms in total. The summed E-state index contributed by atoms with van der Waals surface area (Å²) in [7, 11) is 0. The Morgan fingerprint density at radius 1 is 1.32 bits per heavy atom. The van der Waals surface area contributed by atoms with Gasteiger partial charge in [-0.15, -0.1) is 0 Å². The molecule has 19 heavy (non-hydrogen) atoms. The first-order valence-corrected chi connectivity index (χ1v) is 6.47. The zero-order valence-electron chi connectivity index (χ0n) is 11.0. The molecule has 1 fully saturated rings. The number of nitrogens with one attached hydrogen (secondary N) is 1. The third-order valence-electron chi connectivity index (χ3n) is 2.96. The number of hydrogen-bond donors (Lipinski definition) is 3. The van der Waals surface area contributed by atoms with Gasteiger partial charge in [-0.05, 0) is 25.7 Å². The lowest BCUT2D eigenvalue weighted by atomic mass is 10.1. The predicted octanol–water partition coefficient (Wildman–Crippen LogP) is 0.888. The molecule has 1 rings (SSSR count). The molecule has 0 aromatic heterocycles. The second kappa shape index (κ2) is 6.96. The number of hydrogen-bond acceptors (Lipinski definition) is 3. The van der Waals surface area contributed by atoms with Crippen LogP contribution in [0.1, 0.15) is 39.0 Å². The van der Waals surface area contributed by atoms with Crippen LogP contribution >= 0.6 is 0 Å². The Labute approximate surface area is 111 Å². The van der Waals surface area contributed by atoms with Gasteiger partial charge in [0.15, 0.2) is 0 Å². The first kappa shape index (κ1) is 15.3. The Morgan fingerprint density at radius 3 is 2.37 bits per heavy atom. The number of rotatable bonds is 8. The highest BCUT2D eigenvalue weighted by Crippen LogP contribution is 2.27. The van der Waals surface area contributed by atoms with Crippen molar-refractivity contribution in [3.63, 3.8) is 0 Å². The van der Waals surface area contributed by atoms with Crippen LogP contribution in [0.25, 0.3) is 0 Å². The van der Waals surface area contributed by atoms with Crippen LogP contribution < -0.4 is 5.32 Å². The van der Waals surface area contributed by atoms with E-state index in [4.69, 9.17) is 10.2 Å². The summed E-state index contributed by atoms with van der Waals surface area (Å²) in [5.41, 5.74) is 0. The van der Waals surface area contributed by atoms with Gasteiger partial charge >= 0.3 is 18.0 Å². The molecule has 0 aromatic rings. The molecule has 0 saturated heterocycles. The molecule has 0 aliphatic heterocycles. The topological polar surface area (TPSA) is 107 Å². The molecule has 0 bridgehead atoms. The maximum atomic E-state index is 12.0. The van der Waals surface area contributed by atoms with E-state index in [1.165, 1.54) is 0 Å². The normalized spacial score (nSPS) is 15.6. The van der Waals surface area contributed by atoms with Crippen molar-refractivity contribution in [3.8, 4) is 0 Å². The summed E-state index contributed by atoms with van der Waals surface area (Å²) in [6.07, 6.45) is 2.30. The van der Waals surface area contributed by atoms with Gasteiger partial charge in [0.1, 0.15) is 6.04 Å². The lowest BCUT2D eigenvalue weighted by molar-refractivity contribution is -0.140. The van der Waals surface area contributed by atoms with E-state index in [1.807, 2.05) is 6.92 Å². The van der Waals surface area contributed by atoms with Crippen LogP contribution in [-0.2, 0) is 9.59 Å². The average Bonchev–Trinajstić information content (AvgIpc) is 3.14. The monoisotopic (exact) mass is 272 g/mol. The zero-order chi connectivity index (χ0) is 14.4. The Hall–Kier alpha value is -1.79. The molecule has 1 aliphatic carbocycles. The molecule has 3 N–H and O–H groups in total. The van der Waals surface area contributed by atoms with Gasteiger partial charge in [-0.3, -0.25) is 4.79 Å². The van der Waals surface area contributed by atoms with E-state index in [0.29, 0.717) is 6.54 Å². The van der Waals surface area contributed by atoms with Crippen molar-refractivity contribution >= 4 is 18.0 Å². The van der Waals surface area contributed by atoms with Gasteiger partial charge in [-0.2, -0.15) is 0 Å². The summed E-state index contributed by atoms with van der Waals surface area (Å²) in [6.45, 7) is 2.53. The molecule has 0 radical (unpaired) electrons. The summed E-state index contributed by atoms with van der Waals surface area (Å²) >= 11 is 0. The predicted molar refractivity (Wildman–Crippen MR) is 66.8 cm³/mol. The van der Waals surface area contributed by atoms with Crippen molar-refractivity contribution in [2.75, 3.05) is 6.54 Å². The van der Waals surface area contributed by atoms with Crippen LogP contribution in [0, 0.1) is 0 Å². The van der Waals surface area contributed by atoms with E-state index in [0.717, 1.165) is 19.3 Å². The van der Waals surface area contributed by atoms with Gasteiger partial charge in [0.2, 0.25) is 0 Å². The van der Waals surface area contributed by atoms with Crippen LogP contribution in [0.3, 0.4) is 0 Å². The van der Waals surface area contributed by atoms with Crippen LogP contribution in [0.15, 0.2) is 0 Å². The Kier molecular flexibility index (Phi) is 5.59. The number of carboxylic acids is 2. The van der Waals surface area contributed by atoms with Crippen LogP contribution in [0.2, 0.25) is 0 Å². The third kappa shape index (κ3) is 5.15. The van der Waals surface area contributed by atoms with Gasteiger partial charge in [0.05, 0.1) is 0 Å². The number of carboxylic acid groups (broad SMARTS) is 2. The maximum absolute atomic E-state index is 12.0. The first-order chi connectivity index (χ1) is 8.95. The number of carbonyl (C=O) groups excluding carboxylic acids is 1. The van der Waals surface area contributed by atoms with Gasteiger partial charge in [0.25, 0.3) is 0 Å². The van der Waals surface area contributed by atoms with Crippen LogP contribution in [-0.4, -0.2) is 51.7 Å². The molecule has 0 spiro atoms. The molecule has 0 aromatic carbocycles. The molecule has 2 amide bonds. The van der Waals surface area contributed by atoms with E-state index in [9.17, 15) is 14.4 Å². The van der Waals surface area contributed by atoms with Crippen LogP contribution in [0.5, 0.6) is 0 Å². The number of carbonyl (C=O) groups is 3. The highest BCUT2D eigenvalue weighted by atomic mass is 16.4. The molecule has 1 aliphatic rings. The molecule has 108 valence electrons. The number of aliphatic carboxylic acids is 2. The largest absolute Gasteiger partial charge is 0.481 e. The van der Waals surface area contributed by atoms with E-state index < -0.39 is 24.0 Å². The summed E-state index contributed by atoms with van der Waals surface area (Å²) < 4.78 is 0. The molecular weight excluding hydrogens is 252 g/mol. The van der Waals surface area contributed by atoms with Crippen molar-refractivity contribution in [1.82, 2.24) is 10.2 Å². The molecule has 1 saturated carbocycles. The van der Waals surface area contributed by atoms with Crippen molar-refractivity contribution in [3.05, 3.63) is 0 Å². The fourth-order valence-electron chi connectivity index (χ4n) is 1.83. The van der Waals surface area contributed by atoms with Crippen molar-refractivity contribution in [1.29, 1.82) is 0 Å². The second-order valence-corrected chi connectivity index (χ2v) is 4.70. The Bertz CT molecular complexity index is 354. The quantitative estimate of drug-likeness (QED) is 0.608. The molecule has 1 unspecified atom stereocenters. The molecule has 7 heteroatoms. The minimum atomic E-state index is -1.21. The lowest BCUT2D eigenvalue weighted by Crippen LogP contribution is -2.49. The molecule has 1 atom stereocenters. The first-order valence-electron chi connectivity index (χ1n) is 6.47. The minimum absolute atomic E-state index is 0.110. The van der Waals surface area contributed by atoms with Gasteiger partial charge < -0.3 is 20.4 Å². The van der Waals surface area contributed by atoms with Gasteiger partial charge in [-0.1, -0.05) is 6.92 Å². The summed E-state index contributed by atoms with van der Waals surface area (Å²) in [5.74, 6) is -2.28. The standard InChI is InChI=1S/C12H20N2O5/c1-2-7-14(8-3-4-8)12(19)13-9(11(17)18)5-6-10(15)16/h8-9H,2-7H2,1H3,(H,13,19)(H,15,16)(H,17,18). The van der Waals surface area contributed by atoms with Gasteiger partial charge in [0, 0.05) is 19.0 Å². The molecule has 0 heterocycles. The van der Waals surface area contributed by atoms with E-state index in [2.05, 4.69) is 5.32 Å². The number of urea groups is 1. The van der Waals surface area contributed by atoms with E-state index in [-0.39, 0.29) is 18.9 Å². The summed E-state index contributed by atoms with van der Waals surface area (Å²) in [6, 6.07) is -1.36. The fraction of sp³-hybridized carbons (Fsp3) is 0.750. The van der Waals surface area contributed by atoms with E-state index in [1.54, 1.807) is 4.90 Å². The maximum Gasteiger partial charge on any atom is 0.326 e. The SMILES string of the molecule is CCCN(C(=O)NC(CCC(=O)O)C(=O)O)C1CC1. The van der Waals surface area contributed by atoms with Crippen molar-refractivity contribution < 1.29 is 24.6 Å². The second-order valence-electron chi connectivity index (χ2n) is 4.70. The third-order valence-corrected chi connectivity index (χ3v) is 2.96. The fourth-order valence-corrected chi connectivity index (χ4v) is 1.83. The van der Waals surface area contributed by atoms with Crippen molar-refractivity contribution in [2.45, 2.75) is 51.1 Å². The summed E-state index contributed by atoms with van der Waals surface area (Å²) in [4.78, 5) is 35.1. The zero-order valence-corrected chi connectivity index (χ0v) is 11.0. The average molecular weight is 272 g/mol. The van der Waals surface area contributed by atoms with Crippen molar-refractivity contribution in [2.24, 2.45) is 0 Å². The van der Waals surface area contributed by atoms with Crippen LogP contribution in [0.4, 0.5) is 4.79 Å². The lowest BCUT2D eigenvalue weighted by Gasteiger charge is -2.24. The molecular formula is C12H20N2O5. The number of nitrogens with zero attached hydrogens (tertiary/aromatic N) is 1. The Balaban J connectivity index is 2.53. The Morgan fingerprint density at radius 2 is 1.95 bits per heavy atom. The summed E-state index contributed by atoms with van der Waals surface area (Å²) in [5, 5.41) is 19.9. The minimum Gasteiger partial charge on any atom is -0.481 e. The van der Waals surface area contributed by atoms with Gasteiger partial charge in [-0.25, -0.2) is 9.59 Å². The number of amides is 2. The van der Waals surface area contributed by atoms with E-state index >= 15 is 0 Å².